The highest BCUT2D eigenvalue weighted by Crippen LogP contribution is 2.37. The molecule has 4 rings (SSSR count). The molecular weight excluding hydrogens is 498 g/mol. The first-order chi connectivity index (χ1) is 16.0. The van der Waals surface area contributed by atoms with E-state index in [1.807, 2.05) is 0 Å². The SMILES string of the molecule is O=C(c1ccc(-c2cc(Cl)ccc2Cl)o1)N1CCN(c2ccc(C(F)(F)F)cc2[N+](=O)[O-])CC1. The first kappa shape index (κ1) is 23.9. The molecule has 0 saturated carbocycles. The van der Waals surface area contributed by atoms with Crippen LogP contribution in [0.25, 0.3) is 11.3 Å². The zero-order chi connectivity index (χ0) is 24.6. The van der Waals surface area contributed by atoms with Crippen molar-refractivity contribution in [2.75, 3.05) is 31.1 Å². The van der Waals surface area contributed by atoms with Gasteiger partial charge in [-0.25, -0.2) is 0 Å². The first-order valence-electron chi connectivity index (χ1n) is 9.99. The fourth-order valence-corrected chi connectivity index (χ4v) is 4.09. The highest BCUT2D eigenvalue weighted by atomic mass is 35.5. The molecule has 2 aromatic carbocycles. The first-order valence-corrected chi connectivity index (χ1v) is 10.8. The highest BCUT2D eigenvalue weighted by Gasteiger charge is 2.34. The van der Waals surface area contributed by atoms with E-state index < -0.39 is 22.4 Å². The van der Waals surface area contributed by atoms with Gasteiger partial charge in [-0.05, 0) is 42.5 Å². The van der Waals surface area contributed by atoms with Crippen LogP contribution >= 0.6 is 23.2 Å². The second-order valence-corrected chi connectivity index (χ2v) is 8.37. The van der Waals surface area contributed by atoms with Gasteiger partial charge in [-0.3, -0.25) is 14.9 Å². The predicted molar refractivity (Wildman–Crippen MR) is 120 cm³/mol. The molecule has 0 atom stereocenters. The number of nitro groups is 1. The Morgan fingerprint density at radius 3 is 2.35 bits per heavy atom. The zero-order valence-electron chi connectivity index (χ0n) is 17.3. The Kier molecular flexibility index (Phi) is 6.46. The maximum absolute atomic E-state index is 13.0. The van der Waals surface area contributed by atoms with Gasteiger partial charge in [0.15, 0.2) is 5.76 Å². The Hall–Kier alpha value is -3.24. The van der Waals surface area contributed by atoms with Gasteiger partial charge in [-0.15, -0.1) is 0 Å². The number of hydrogen-bond acceptors (Lipinski definition) is 5. The Morgan fingerprint density at radius 1 is 1.00 bits per heavy atom. The van der Waals surface area contributed by atoms with E-state index in [0.717, 1.165) is 12.1 Å². The monoisotopic (exact) mass is 513 g/mol. The molecule has 1 saturated heterocycles. The van der Waals surface area contributed by atoms with Gasteiger partial charge in [0.1, 0.15) is 11.4 Å². The van der Waals surface area contributed by atoms with Crippen molar-refractivity contribution in [1.29, 1.82) is 0 Å². The third kappa shape index (κ3) is 4.83. The average molecular weight is 514 g/mol. The Labute approximate surface area is 201 Å². The molecule has 1 aliphatic heterocycles. The summed E-state index contributed by atoms with van der Waals surface area (Å²) in [5, 5.41) is 12.2. The molecular formula is C22H16Cl2F3N3O4. The maximum Gasteiger partial charge on any atom is 0.416 e. The molecule has 178 valence electrons. The van der Waals surface area contributed by atoms with Crippen molar-refractivity contribution in [2.45, 2.75) is 6.18 Å². The number of hydrogen-bond donors (Lipinski definition) is 0. The lowest BCUT2D eigenvalue weighted by molar-refractivity contribution is -0.384. The number of alkyl halides is 3. The van der Waals surface area contributed by atoms with E-state index in [0.29, 0.717) is 27.4 Å². The third-order valence-corrected chi connectivity index (χ3v) is 5.98. The van der Waals surface area contributed by atoms with Gasteiger partial charge in [0.25, 0.3) is 11.6 Å². The van der Waals surface area contributed by atoms with Crippen molar-refractivity contribution >= 4 is 40.5 Å². The van der Waals surface area contributed by atoms with Crippen molar-refractivity contribution in [3.8, 4) is 11.3 Å². The normalized spacial score (nSPS) is 14.4. The summed E-state index contributed by atoms with van der Waals surface area (Å²) in [5.41, 5.74) is -1.12. The van der Waals surface area contributed by atoms with Gasteiger partial charge in [0.2, 0.25) is 0 Å². The summed E-state index contributed by atoms with van der Waals surface area (Å²) in [7, 11) is 0. The summed E-state index contributed by atoms with van der Waals surface area (Å²) in [6.45, 7) is 0.799. The van der Waals surface area contributed by atoms with E-state index in [2.05, 4.69) is 0 Å². The molecule has 1 aromatic heterocycles. The number of nitro benzene ring substituents is 1. The van der Waals surface area contributed by atoms with Crippen LogP contribution in [0, 0.1) is 10.1 Å². The predicted octanol–water partition coefficient (Wildman–Crippen LogP) is 6.14. The van der Waals surface area contributed by atoms with Crippen LogP contribution < -0.4 is 4.90 Å². The molecule has 12 heteroatoms. The van der Waals surface area contributed by atoms with E-state index in [1.54, 1.807) is 29.2 Å². The van der Waals surface area contributed by atoms with E-state index in [4.69, 9.17) is 27.6 Å². The second-order valence-electron chi connectivity index (χ2n) is 7.53. The van der Waals surface area contributed by atoms with Crippen molar-refractivity contribution in [2.24, 2.45) is 0 Å². The van der Waals surface area contributed by atoms with Crippen LogP contribution in [0.15, 0.2) is 52.9 Å². The van der Waals surface area contributed by atoms with Crippen LogP contribution in [0.4, 0.5) is 24.5 Å². The van der Waals surface area contributed by atoms with Crippen molar-refractivity contribution in [3.05, 3.63) is 80.0 Å². The lowest BCUT2D eigenvalue weighted by atomic mass is 10.1. The summed E-state index contributed by atoms with van der Waals surface area (Å²) < 4.78 is 44.5. The summed E-state index contributed by atoms with van der Waals surface area (Å²) in [6.07, 6.45) is -4.69. The van der Waals surface area contributed by atoms with Gasteiger partial charge in [0, 0.05) is 42.8 Å². The minimum Gasteiger partial charge on any atom is -0.451 e. The molecule has 0 aliphatic carbocycles. The molecule has 34 heavy (non-hydrogen) atoms. The molecule has 0 bridgehead atoms. The number of carbonyl (C=O) groups is 1. The lowest BCUT2D eigenvalue weighted by Gasteiger charge is -2.35. The van der Waals surface area contributed by atoms with Gasteiger partial charge in [-0.1, -0.05) is 23.2 Å². The minimum atomic E-state index is -4.69. The van der Waals surface area contributed by atoms with Crippen molar-refractivity contribution in [3.63, 3.8) is 0 Å². The van der Waals surface area contributed by atoms with Crippen LogP contribution in [-0.4, -0.2) is 41.9 Å². The fourth-order valence-electron chi connectivity index (χ4n) is 3.70. The third-order valence-electron chi connectivity index (χ3n) is 5.42. The van der Waals surface area contributed by atoms with Crippen molar-refractivity contribution in [1.82, 2.24) is 4.90 Å². The molecule has 0 radical (unpaired) electrons. The highest BCUT2D eigenvalue weighted by molar-refractivity contribution is 6.35. The molecule has 0 spiro atoms. The number of carbonyl (C=O) groups excluding carboxylic acids is 1. The molecule has 0 N–H and O–H groups in total. The lowest BCUT2D eigenvalue weighted by Crippen LogP contribution is -2.48. The zero-order valence-corrected chi connectivity index (χ0v) is 18.8. The summed E-state index contributed by atoms with van der Waals surface area (Å²) in [6, 6.07) is 10.4. The summed E-state index contributed by atoms with van der Waals surface area (Å²) in [4.78, 5) is 26.5. The molecule has 1 amide bonds. The number of anilines is 1. The van der Waals surface area contributed by atoms with Crippen LogP contribution in [0.2, 0.25) is 10.0 Å². The summed E-state index contributed by atoms with van der Waals surface area (Å²) >= 11 is 12.2. The van der Waals surface area contributed by atoms with Crippen LogP contribution in [0.1, 0.15) is 16.1 Å². The van der Waals surface area contributed by atoms with Gasteiger partial charge in [0.05, 0.1) is 15.5 Å². The Balaban J connectivity index is 1.47. The average Bonchev–Trinajstić information content (AvgIpc) is 3.29. The number of furan rings is 1. The van der Waals surface area contributed by atoms with Gasteiger partial charge >= 0.3 is 6.18 Å². The largest absolute Gasteiger partial charge is 0.451 e. The van der Waals surface area contributed by atoms with Crippen LogP contribution in [0.5, 0.6) is 0 Å². The van der Waals surface area contributed by atoms with Crippen LogP contribution in [-0.2, 0) is 6.18 Å². The molecule has 2 heterocycles. The molecule has 1 aliphatic rings. The topological polar surface area (TPSA) is 79.8 Å². The molecule has 0 unspecified atom stereocenters. The summed E-state index contributed by atoms with van der Waals surface area (Å²) in [5.74, 6) is 0.0702. The molecule has 1 fully saturated rings. The second kappa shape index (κ2) is 9.19. The number of benzene rings is 2. The fraction of sp³-hybridized carbons (Fsp3) is 0.227. The maximum atomic E-state index is 13.0. The van der Waals surface area contributed by atoms with Crippen LogP contribution in [0.3, 0.4) is 0 Å². The molecule has 7 nitrogen and oxygen atoms in total. The van der Waals surface area contributed by atoms with E-state index in [-0.39, 0.29) is 43.5 Å². The van der Waals surface area contributed by atoms with E-state index >= 15 is 0 Å². The van der Waals surface area contributed by atoms with E-state index in [9.17, 15) is 28.1 Å². The number of piperazine rings is 1. The quantitative estimate of drug-likeness (QED) is 0.309. The van der Waals surface area contributed by atoms with Crippen molar-refractivity contribution < 1.29 is 27.3 Å². The number of rotatable bonds is 4. The number of halogens is 5. The van der Waals surface area contributed by atoms with E-state index in [1.165, 1.54) is 11.0 Å². The smallest absolute Gasteiger partial charge is 0.416 e. The Bertz CT molecular complexity index is 1250. The molecule has 3 aromatic rings. The number of nitrogens with zero attached hydrogens (tertiary/aromatic N) is 3. The van der Waals surface area contributed by atoms with Gasteiger partial charge < -0.3 is 14.2 Å². The minimum absolute atomic E-state index is 0.0704. The number of amides is 1. The standard InChI is InChI=1S/C22H16Cl2F3N3O4/c23-14-2-3-16(24)15(12-14)19-5-6-20(34-19)21(31)29-9-7-28(8-10-29)17-4-1-13(22(25,26)27)11-18(17)30(32)33/h1-6,11-12H,7-10H2. The Morgan fingerprint density at radius 2 is 1.71 bits per heavy atom. The van der Waals surface area contributed by atoms with Gasteiger partial charge in [-0.2, -0.15) is 13.2 Å².